The van der Waals surface area contributed by atoms with E-state index in [9.17, 15) is 19.7 Å². The van der Waals surface area contributed by atoms with Crippen LogP contribution >= 0.6 is 15.9 Å². The van der Waals surface area contributed by atoms with Crippen molar-refractivity contribution in [1.29, 1.82) is 0 Å². The van der Waals surface area contributed by atoms with Gasteiger partial charge in [-0.3, -0.25) is 19.7 Å². The molecule has 0 aliphatic carbocycles. The molecule has 0 aromatic heterocycles. The van der Waals surface area contributed by atoms with Gasteiger partial charge in [0.1, 0.15) is 0 Å². The molecule has 0 bridgehead atoms. The third-order valence-corrected chi connectivity index (χ3v) is 3.87. The van der Waals surface area contributed by atoms with E-state index in [2.05, 4.69) is 15.9 Å². The van der Waals surface area contributed by atoms with Crippen molar-refractivity contribution in [1.82, 2.24) is 4.90 Å². The molecule has 2 rings (SSSR count). The van der Waals surface area contributed by atoms with Gasteiger partial charge < -0.3 is 10.0 Å². The van der Waals surface area contributed by atoms with Crippen molar-refractivity contribution < 1.29 is 19.6 Å². The van der Waals surface area contributed by atoms with Gasteiger partial charge in [-0.15, -0.1) is 0 Å². The lowest BCUT2D eigenvalue weighted by Gasteiger charge is -2.16. The fourth-order valence-electron chi connectivity index (χ4n) is 2.11. The number of non-ortho nitro benzene ring substituents is 1. The van der Waals surface area contributed by atoms with Crippen molar-refractivity contribution in [2.45, 2.75) is 6.42 Å². The lowest BCUT2D eigenvalue weighted by molar-refractivity contribution is -0.384. The number of amides is 1. The maximum absolute atomic E-state index is 12.3. The zero-order valence-corrected chi connectivity index (χ0v) is 11.9. The van der Waals surface area contributed by atoms with E-state index < -0.39 is 16.8 Å². The van der Waals surface area contributed by atoms with Gasteiger partial charge in [-0.05, 0) is 28.4 Å². The molecule has 0 radical (unpaired) electrons. The monoisotopic (exact) mass is 342 g/mol. The number of rotatable bonds is 3. The van der Waals surface area contributed by atoms with Crippen LogP contribution in [-0.4, -0.2) is 39.9 Å². The van der Waals surface area contributed by atoms with Gasteiger partial charge in [0.25, 0.3) is 11.6 Å². The van der Waals surface area contributed by atoms with Crippen molar-refractivity contribution in [3.05, 3.63) is 38.3 Å². The zero-order valence-electron chi connectivity index (χ0n) is 10.3. The first-order chi connectivity index (χ1) is 9.40. The van der Waals surface area contributed by atoms with E-state index in [4.69, 9.17) is 5.11 Å². The van der Waals surface area contributed by atoms with E-state index in [0.29, 0.717) is 23.0 Å². The molecule has 0 spiro atoms. The van der Waals surface area contributed by atoms with Crippen molar-refractivity contribution in [3.8, 4) is 0 Å². The van der Waals surface area contributed by atoms with Crippen LogP contribution < -0.4 is 0 Å². The molecule has 8 heteroatoms. The van der Waals surface area contributed by atoms with Gasteiger partial charge in [-0.25, -0.2) is 0 Å². The molecule has 1 atom stereocenters. The molecule has 1 aromatic carbocycles. The highest BCUT2D eigenvalue weighted by molar-refractivity contribution is 9.10. The normalized spacial score (nSPS) is 18.1. The second kappa shape index (κ2) is 5.58. The van der Waals surface area contributed by atoms with Crippen LogP contribution in [-0.2, 0) is 4.79 Å². The first-order valence-corrected chi connectivity index (χ1v) is 6.65. The number of carbonyl (C=O) groups is 2. The van der Waals surface area contributed by atoms with Crippen LogP contribution in [0, 0.1) is 16.0 Å². The van der Waals surface area contributed by atoms with Crippen LogP contribution in [0.15, 0.2) is 22.7 Å². The van der Waals surface area contributed by atoms with Crippen molar-refractivity contribution in [2.24, 2.45) is 5.92 Å². The fourth-order valence-corrected chi connectivity index (χ4v) is 2.64. The third-order valence-electron chi connectivity index (χ3n) is 3.22. The first kappa shape index (κ1) is 14.4. The minimum Gasteiger partial charge on any atom is -0.481 e. The highest BCUT2D eigenvalue weighted by Gasteiger charge is 2.32. The highest BCUT2D eigenvalue weighted by Crippen LogP contribution is 2.26. The van der Waals surface area contributed by atoms with E-state index in [1.807, 2.05) is 0 Å². The third kappa shape index (κ3) is 2.79. The van der Waals surface area contributed by atoms with Crippen molar-refractivity contribution in [2.75, 3.05) is 13.1 Å². The van der Waals surface area contributed by atoms with Crippen LogP contribution in [0.4, 0.5) is 5.69 Å². The number of hydrogen-bond donors (Lipinski definition) is 1. The van der Waals surface area contributed by atoms with Crippen LogP contribution in [0.3, 0.4) is 0 Å². The lowest BCUT2D eigenvalue weighted by atomic mass is 10.1. The first-order valence-electron chi connectivity index (χ1n) is 5.86. The van der Waals surface area contributed by atoms with Gasteiger partial charge in [0.05, 0.1) is 16.4 Å². The summed E-state index contributed by atoms with van der Waals surface area (Å²) < 4.78 is 0.329. The second-order valence-electron chi connectivity index (χ2n) is 4.50. The summed E-state index contributed by atoms with van der Waals surface area (Å²) in [6, 6.07) is 3.89. The number of hydrogen-bond acceptors (Lipinski definition) is 4. The minimum atomic E-state index is -0.914. The minimum absolute atomic E-state index is 0.113. The molecule has 1 unspecified atom stereocenters. The second-order valence-corrected chi connectivity index (χ2v) is 5.35. The number of benzene rings is 1. The Hall–Kier alpha value is -1.96. The summed E-state index contributed by atoms with van der Waals surface area (Å²) in [5, 5.41) is 19.5. The number of carboxylic acids is 1. The summed E-state index contributed by atoms with van der Waals surface area (Å²) in [6.07, 6.45) is 0.422. The Bertz CT molecular complexity index is 589. The summed E-state index contributed by atoms with van der Waals surface area (Å²) in [7, 11) is 0. The van der Waals surface area contributed by atoms with Gasteiger partial charge in [-0.2, -0.15) is 0 Å². The number of nitro groups is 1. The standard InChI is InChI=1S/C12H11BrN2O5/c13-10-5-8(15(19)20)1-2-9(10)11(16)14-4-3-7(6-14)12(17)18/h1-2,5,7H,3-4,6H2,(H,17,18). The SMILES string of the molecule is O=C(O)C1CCN(C(=O)c2ccc([N+](=O)[O-])cc2Br)C1. The maximum Gasteiger partial charge on any atom is 0.308 e. The molecule has 1 aliphatic rings. The number of likely N-dealkylation sites (tertiary alicyclic amines) is 1. The summed E-state index contributed by atoms with van der Waals surface area (Å²) in [6.45, 7) is 0.539. The number of halogens is 1. The highest BCUT2D eigenvalue weighted by atomic mass is 79.9. The molecule has 1 saturated heterocycles. The summed E-state index contributed by atoms with van der Waals surface area (Å²) in [4.78, 5) is 34.7. The predicted molar refractivity (Wildman–Crippen MR) is 72.4 cm³/mol. The van der Waals surface area contributed by atoms with E-state index in [-0.39, 0.29) is 18.1 Å². The maximum atomic E-state index is 12.3. The van der Waals surface area contributed by atoms with Crippen LogP contribution in [0.25, 0.3) is 0 Å². The molecule has 0 saturated carbocycles. The van der Waals surface area contributed by atoms with E-state index in [1.165, 1.54) is 23.1 Å². The average molecular weight is 343 g/mol. The molecule has 1 amide bonds. The lowest BCUT2D eigenvalue weighted by Crippen LogP contribution is -2.30. The predicted octanol–water partition coefficient (Wildman–Crippen LogP) is 1.90. The molecular weight excluding hydrogens is 332 g/mol. The van der Waals surface area contributed by atoms with Crippen LogP contribution in [0.5, 0.6) is 0 Å². The molecule has 1 aliphatic heterocycles. The number of carbonyl (C=O) groups excluding carboxylic acids is 1. The van der Waals surface area contributed by atoms with Crippen molar-refractivity contribution in [3.63, 3.8) is 0 Å². The molecule has 7 nitrogen and oxygen atoms in total. The largest absolute Gasteiger partial charge is 0.481 e. The number of carboxylic acid groups (broad SMARTS) is 1. The van der Waals surface area contributed by atoms with E-state index in [0.717, 1.165) is 0 Å². The Labute approximate surface area is 122 Å². The zero-order chi connectivity index (χ0) is 14.9. The van der Waals surface area contributed by atoms with Crippen molar-refractivity contribution >= 4 is 33.5 Å². The Morgan fingerprint density at radius 3 is 2.65 bits per heavy atom. The smallest absolute Gasteiger partial charge is 0.308 e. The van der Waals surface area contributed by atoms with E-state index >= 15 is 0 Å². The summed E-state index contributed by atoms with van der Waals surface area (Å²) >= 11 is 3.14. The average Bonchev–Trinajstić information content (AvgIpc) is 2.87. The van der Waals surface area contributed by atoms with Gasteiger partial charge in [0, 0.05) is 29.7 Å². The quantitative estimate of drug-likeness (QED) is 0.667. The molecule has 1 N–H and O–H groups in total. The van der Waals surface area contributed by atoms with Gasteiger partial charge in [-0.1, -0.05) is 0 Å². The van der Waals surface area contributed by atoms with Crippen LogP contribution in [0.2, 0.25) is 0 Å². The van der Waals surface area contributed by atoms with E-state index in [1.54, 1.807) is 0 Å². The molecule has 1 aromatic rings. The number of nitrogens with zero attached hydrogens (tertiary/aromatic N) is 2. The molecular formula is C12H11BrN2O5. The Morgan fingerprint density at radius 1 is 1.45 bits per heavy atom. The molecule has 1 heterocycles. The fraction of sp³-hybridized carbons (Fsp3) is 0.333. The Balaban J connectivity index is 2.18. The Morgan fingerprint density at radius 2 is 2.15 bits per heavy atom. The topological polar surface area (TPSA) is 101 Å². The van der Waals surface area contributed by atoms with Crippen LogP contribution in [0.1, 0.15) is 16.8 Å². The van der Waals surface area contributed by atoms with Gasteiger partial charge in [0.2, 0.25) is 0 Å². The summed E-state index contributed by atoms with van der Waals surface area (Å²) in [5.74, 6) is -1.78. The number of nitro benzene ring substituents is 1. The Kier molecular flexibility index (Phi) is 4.03. The molecule has 20 heavy (non-hydrogen) atoms. The van der Waals surface area contributed by atoms with Gasteiger partial charge >= 0.3 is 5.97 Å². The molecule has 106 valence electrons. The number of aliphatic carboxylic acids is 1. The molecule has 1 fully saturated rings. The summed E-state index contributed by atoms with van der Waals surface area (Å²) in [5.41, 5.74) is 0.180. The van der Waals surface area contributed by atoms with Gasteiger partial charge in [0.15, 0.2) is 0 Å².